The van der Waals surface area contributed by atoms with E-state index >= 15 is 0 Å². The fourth-order valence-electron chi connectivity index (χ4n) is 2.38. The van der Waals surface area contributed by atoms with Gasteiger partial charge >= 0.3 is 0 Å². The summed E-state index contributed by atoms with van der Waals surface area (Å²) < 4.78 is 1.75. The molecule has 2 N–H and O–H groups in total. The third-order valence-corrected chi connectivity index (χ3v) is 3.47. The normalized spacial score (nSPS) is 12.3. The molecule has 0 radical (unpaired) electrons. The zero-order valence-electron chi connectivity index (χ0n) is 12.2. The number of benzene rings is 1. The molecule has 4 nitrogen and oxygen atoms in total. The van der Waals surface area contributed by atoms with Crippen molar-refractivity contribution in [2.45, 2.75) is 39.3 Å². The van der Waals surface area contributed by atoms with E-state index in [0.717, 1.165) is 12.8 Å². The lowest BCUT2D eigenvalue weighted by Gasteiger charge is -2.18. The Morgan fingerprint density at radius 1 is 1.20 bits per heavy atom. The van der Waals surface area contributed by atoms with E-state index in [4.69, 9.17) is 0 Å². The second-order valence-corrected chi connectivity index (χ2v) is 4.92. The monoisotopic (exact) mass is 273 g/mol. The van der Waals surface area contributed by atoms with Gasteiger partial charge in [-0.1, -0.05) is 32.0 Å². The molecule has 1 aromatic heterocycles. The van der Waals surface area contributed by atoms with Gasteiger partial charge in [0.05, 0.1) is 12.6 Å². The average molecular weight is 273 g/mol. The molecule has 0 saturated carbocycles. The van der Waals surface area contributed by atoms with Crippen LogP contribution >= 0.6 is 0 Å². The summed E-state index contributed by atoms with van der Waals surface area (Å²) in [6.45, 7) is 5.35. The molecule has 1 unspecified atom stereocenters. The van der Waals surface area contributed by atoms with E-state index < -0.39 is 6.10 Å². The molecule has 108 valence electrons. The quantitative estimate of drug-likeness (QED) is 0.815. The predicted octanol–water partition coefficient (Wildman–Crippen LogP) is 2.48. The number of hydrogen-bond acceptors (Lipinski definition) is 3. The molecule has 1 atom stereocenters. The first-order valence-corrected chi connectivity index (χ1v) is 7.24. The number of aliphatic hydroxyl groups is 1. The van der Waals surface area contributed by atoms with Crippen LogP contribution in [-0.4, -0.2) is 27.5 Å². The van der Waals surface area contributed by atoms with E-state index in [1.54, 1.807) is 10.9 Å². The molecular weight excluding hydrogens is 250 g/mol. The van der Waals surface area contributed by atoms with Gasteiger partial charge in [0.1, 0.15) is 0 Å². The summed E-state index contributed by atoms with van der Waals surface area (Å²) in [4.78, 5) is 0. The first-order chi connectivity index (χ1) is 9.74. The van der Waals surface area contributed by atoms with Crippen molar-refractivity contribution in [3.63, 3.8) is 0 Å². The van der Waals surface area contributed by atoms with E-state index in [-0.39, 0.29) is 0 Å². The summed E-state index contributed by atoms with van der Waals surface area (Å²) in [7, 11) is 0. The molecule has 0 aliphatic carbocycles. The molecule has 1 aromatic carbocycles. The Bertz CT molecular complexity index is 500. The maximum absolute atomic E-state index is 10.1. The molecule has 20 heavy (non-hydrogen) atoms. The number of rotatable bonds is 7. The van der Waals surface area contributed by atoms with Gasteiger partial charge in [-0.15, -0.1) is 0 Å². The van der Waals surface area contributed by atoms with Gasteiger partial charge < -0.3 is 10.4 Å². The van der Waals surface area contributed by atoms with E-state index in [0.29, 0.717) is 13.1 Å². The SMILES string of the molecule is CCc1cccc(CC)c1NCC(O)Cn1cccn1. The van der Waals surface area contributed by atoms with Crippen molar-refractivity contribution < 1.29 is 5.11 Å². The Morgan fingerprint density at radius 3 is 2.45 bits per heavy atom. The molecule has 2 aromatic rings. The number of hydrogen-bond donors (Lipinski definition) is 2. The fourth-order valence-corrected chi connectivity index (χ4v) is 2.38. The molecule has 0 amide bonds. The van der Waals surface area contributed by atoms with Crippen LogP contribution in [0.25, 0.3) is 0 Å². The van der Waals surface area contributed by atoms with Crippen LogP contribution in [0.5, 0.6) is 0 Å². The molecule has 0 fully saturated rings. The van der Waals surface area contributed by atoms with Crippen molar-refractivity contribution in [3.05, 3.63) is 47.8 Å². The van der Waals surface area contributed by atoms with E-state index in [9.17, 15) is 5.11 Å². The molecular formula is C16H23N3O. The number of aryl methyl sites for hydroxylation is 2. The van der Waals surface area contributed by atoms with Gasteiger partial charge in [-0.3, -0.25) is 4.68 Å². The topological polar surface area (TPSA) is 50.1 Å². The Hall–Kier alpha value is -1.81. The molecule has 1 heterocycles. The van der Waals surface area contributed by atoms with Crippen LogP contribution in [0.3, 0.4) is 0 Å². The van der Waals surface area contributed by atoms with Gasteiger partial charge in [-0.25, -0.2) is 0 Å². The highest BCUT2D eigenvalue weighted by Crippen LogP contribution is 2.22. The number of aliphatic hydroxyl groups excluding tert-OH is 1. The van der Waals surface area contributed by atoms with Gasteiger partial charge in [0.15, 0.2) is 0 Å². The summed E-state index contributed by atoms with van der Waals surface area (Å²) in [6, 6.07) is 8.24. The highest BCUT2D eigenvalue weighted by atomic mass is 16.3. The number of para-hydroxylation sites is 1. The van der Waals surface area contributed by atoms with Crippen LogP contribution in [0.15, 0.2) is 36.7 Å². The van der Waals surface area contributed by atoms with E-state index in [1.165, 1.54) is 16.8 Å². The highest BCUT2D eigenvalue weighted by molar-refractivity contribution is 5.57. The van der Waals surface area contributed by atoms with Crippen molar-refractivity contribution in [2.75, 3.05) is 11.9 Å². The van der Waals surface area contributed by atoms with Gasteiger partial charge in [-0.05, 0) is 30.0 Å². The highest BCUT2D eigenvalue weighted by Gasteiger charge is 2.09. The third-order valence-electron chi connectivity index (χ3n) is 3.47. The standard InChI is InChI=1S/C16H23N3O/c1-3-13-7-5-8-14(4-2)16(13)17-11-15(20)12-19-10-6-9-18-19/h5-10,15,17,20H,3-4,11-12H2,1-2H3. The zero-order valence-corrected chi connectivity index (χ0v) is 12.2. The molecule has 0 spiro atoms. The molecule has 2 rings (SSSR count). The fraction of sp³-hybridized carbons (Fsp3) is 0.438. The Labute approximate surface area is 120 Å². The largest absolute Gasteiger partial charge is 0.389 e. The second kappa shape index (κ2) is 7.10. The van der Waals surface area contributed by atoms with Crippen LogP contribution in [0.1, 0.15) is 25.0 Å². The van der Waals surface area contributed by atoms with Crippen LogP contribution in [0.4, 0.5) is 5.69 Å². The first-order valence-electron chi connectivity index (χ1n) is 7.24. The van der Waals surface area contributed by atoms with Gasteiger partial charge in [-0.2, -0.15) is 5.10 Å². The lowest BCUT2D eigenvalue weighted by molar-refractivity contribution is 0.161. The molecule has 4 heteroatoms. The van der Waals surface area contributed by atoms with Crippen molar-refractivity contribution in [1.29, 1.82) is 0 Å². The second-order valence-electron chi connectivity index (χ2n) is 4.92. The zero-order chi connectivity index (χ0) is 14.4. The minimum atomic E-state index is -0.454. The van der Waals surface area contributed by atoms with Crippen LogP contribution in [0, 0.1) is 0 Å². The van der Waals surface area contributed by atoms with Crippen molar-refractivity contribution in [2.24, 2.45) is 0 Å². The molecule has 0 bridgehead atoms. The minimum Gasteiger partial charge on any atom is -0.389 e. The van der Waals surface area contributed by atoms with Crippen molar-refractivity contribution in [1.82, 2.24) is 9.78 Å². The first kappa shape index (κ1) is 14.6. The summed E-state index contributed by atoms with van der Waals surface area (Å²) in [5.41, 5.74) is 3.78. The Balaban J connectivity index is 1.99. The summed E-state index contributed by atoms with van der Waals surface area (Å²) in [5, 5.41) is 17.6. The lowest BCUT2D eigenvalue weighted by atomic mass is 10.0. The predicted molar refractivity (Wildman–Crippen MR) is 81.9 cm³/mol. The Kier molecular flexibility index (Phi) is 5.18. The summed E-state index contributed by atoms with van der Waals surface area (Å²) >= 11 is 0. The minimum absolute atomic E-state index is 0.454. The third kappa shape index (κ3) is 3.61. The number of anilines is 1. The van der Waals surface area contributed by atoms with Crippen molar-refractivity contribution >= 4 is 5.69 Å². The van der Waals surface area contributed by atoms with Crippen molar-refractivity contribution in [3.8, 4) is 0 Å². The maximum atomic E-state index is 10.1. The summed E-state index contributed by atoms with van der Waals surface area (Å²) in [5.74, 6) is 0. The van der Waals surface area contributed by atoms with Gasteiger partial charge in [0.2, 0.25) is 0 Å². The molecule has 0 saturated heterocycles. The Morgan fingerprint density at radius 2 is 1.90 bits per heavy atom. The van der Waals surface area contributed by atoms with E-state index in [1.807, 2.05) is 12.3 Å². The van der Waals surface area contributed by atoms with Gasteiger partial charge in [0.25, 0.3) is 0 Å². The molecule has 0 aliphatic rings. The van der Waals surface area contributed by atoms with Crippen LogP contribution < -0.4 is 5.32 Å². The summed E-state index contributed by atoms with van der Waals surface area (Å²) in [6.07, 6.45) is 5.11. The number of nitrogens with one attached hydrogen (secondary N) is 1. The lowest BCUT2D eigenvalue weighted by Crippen LogP contribution is -2.25. The molecule has 0 aliphatic heterocycles. The smallest absolute Gasteiger partial charge is 0.0907 e. The average Bonchev–Trinajstić information content (AvgIpc) is 2.97. The number of nitrogens with zero attached hydrogens (tertiary/aromatic N) is 2. The van der Waals surface area contributed by atoms with Crippen LogP contribution in [-0.2, 0) is 19.4 Å². The number of aromatic nitrogens is 2. The van der Waals surface area contributed by atoms with E-state index in [2.05, 4.69) is 42.5 Å². The van der Waals surface area contributed by atoms with Crippen LogP contribution in [0.2, 0.25) is 0 Å². The van der Waals surface area contributed by atoms with Gasteiger partial charge in [0, 0.05) is 24.6 Å². The maximum Gasteiger partial charge on any atom is 0.0907 e.